The summed E-state index contributed by atoms with van der Waals surface area (Å²) in [5.41, 5.74) is 0.0876. The van der Waals surface area contributed by atoms with Gasteiger partial charge in [0.15, 0.2) is 9.84 Å². The predicted octanol–water partition coefficient (Wildman–Crippen LogP) is 1.32. The summed E-state index contributed by atoms with van der Waals surface area (Å²) in [5.74, 6) is -2.00. The van der Waals surface area contributed by atoms with Crippen LogP contribution < -0.4 is 5.32 Å². The molecule has 0 atom stereocenters. The molecule has 2 N–H and O–H groups in total. The van der Waals surface area contributed by atoms with Gasteiger partial charge in [-0.3, -0.25) is 4.79 Å². The number of anilines is 1. The Balaban J connectivity index is 3.01. The van der Waals surface area contributed by atoms with Crippen LogP contribution in [0.25, 0.3) is 0 Å². The number of carbonyl (C=O) groups is 2. The standard InChI is InChI=1S/C11H10ClNO5S/c1-19(17,18)7-2-3-8(12)9(6-7)13-10(14)4-5-11(15)16/h2-6H,1H3,(H,13,14)(H,15,16)/b5-4+. The number of carboxylic acids is 1. The van der Waals surface area contributed by atoms with Crippen molar-refractivity contribution in [2.75, 3.05) is 11.6 Å². The van der Waals surface area contributed by atoms with Crippen molar-refractivity contribution in [2.45, 2.75) is 4.90 Å². The molecule has 8 heteroatoms. The van der Waals surface area contributed by atoms with Crippen molar-refractivity contribution in [2.24, 2.45) is 0 Å². The monoisotopic (exact) mass is 303 g/mol. The largest absolute Gasteiger partial charge is 0.478 e. The molecule has 19 heavy (non-hydrogen) atoms. The zero-order chi connectivity index (χ0) is 14.6. The van der Waals surface area contributed by atoms with E-state index < -0.39 is 21.7 Å². The summed E-state index contributed by atoms with van der Waals surface area (Å²) in [4.78, 5) is 21.6. The van der Waals surface area contributed by atoms with Crippen LogP contribution in [0.1, 0.15) is 0 Å². The van der Waals surface area contributed by atoms with Gasteiger partial charge in [0.1, 0.15) is 0 Å². The Morgan fingerprint density at radius 3 is 2.47 bits per heavy atom. The zero-order valence-corrected chi connectivity index (χ0v) is 11.3. The molecule has 102 valence electrons. The van der Waals surface area contributed by atoms with Crippen molar-refractivity contribution in [3.8, 4) is 0 Å². The number of sulfone groups is 1. The summed E-state index contributed by atoms with van der Waals surface area (Å²) < 4.78 is 22.7. The summed E-state index contributed by atoms with van der Waals surface area (Å²) in [6.45, 7) is 0. The molecule has 0 aliphatic rings. The summed E-state index contributed by atoms with van der Waals surface area (Å²) in [6, 6.07) is 3.83. The molecule has 0 spiro atoms. The lowest BCUT2D eigenvalue weighted by atomic mass is 10.3. The van der Waals surface area contributed by atoms with E-state index >= 15 is 0 Å². The molecule has 0 saturated carbocycles. The van der Waals surface area contributed by atoms with E-state index in [1.165, 1.54) is 18.2 Å². The van der Waals surface area contributed by atoms with E-state index in [0.29, 0.717) is 6.08 Å². The van der Waals surface area contributed by atoms with Crippen LogP contribution in [0.4, 0.5) is 5.69 Å². The topological polar surface area (TPSA) is 101 Å². The highest BCUT2D eigenvalue weighted by Gasteiger charge is 2.11. The first-order valence-electron chi connectivity index (χ1n) is 4.92. The van der Waals surface area contributed by atoms with Crippen LogP contribution in [0.3, 0.4) is 0 Å². The van der Waals surface area contributed by atoms with Gasteiger partial charge >= 0.3 is 5.97 Å². The van der Waals surface area contributed by atoms with Crippen molar-refractivity contribution in [1.29, 1.82) is 0 Å². The second-order valence-corrected chi connectivity index (χ2v) is 6.00. The molecule has 1 aromatic rings. The van der Waals surface area contributed by atoms with Crippen LogP contribution in [-0.4, -0.2) is 31.7 Å². The summed E-state index contributed by atoms with van der Waals surface area (Å²) in [5, 5.41) is 10.8. The molecule has 6 nitrogen and oxygen atoms in total. The third-order valence-electron chi connectivity index (χ3n) is 2.00. The predicted molar refractivity (Wildman–Crippen MR) is 70.0 cm³/mol. The van der Waals surface area contributed by atoms with E-state index in [9.17, 15) is 18.0 Å². The molecule has 0 aliphatic heterocycles. The van der Waals surface area contributed by atoms with Crippen molar-refractivity contribution >= 4 is 39.0 Å². The average Bonchev–Trinajstić information content (AvgIpc) is 2.28. The van der Waals surface area contributed by atoms with Gasteiger partial charge in [-0.25, -0.2) is 13.2 Å². The van der Waals surface area contributed by atoms with Crippen LogP contribution in [-0.2, 0) is 19.4 Å². The number of benzene rings is 1. The van der Waals surface area contributed by atoms with Gasteiger partial charge in [-0.2, -0.15) is 0 Å². The highest BCUT2D eigenvalue weighted by atomic mass is 35.5. The second-order valence-electron chi connectivity index (χ2n) is 3.57. The molecule has 1 rings (SSSR count). The van der Waals surface area contributed by atoms with Crippen LogP contribution in [0.2, 0.25) is 5.02 Å². The van der Waals surface area contributed by atoms with E-state index in [4.69, 9.17) is 16.7 Å². The molecule has 0 aromatic heterocycles. The van der Waals surface area contributed by atoms with Crippen LogP contribution in [0, 0.1) is 0 Å². The first-order chi connectivity index (χ1) is 8.70. The molecule has 0 aliphatic carbocycles. The zero-order valence-electron chi connectivity index (χ0n) is 9.75. The summed E-state index contributed by atoms with van der Waals surface area (Å²) in [7, 11) is -3.43. The quantitative estimate of drug-likeness (QED) is 0.817. The van der Waals surface area contributed by atoms with Crippen molar-refractivity contribution < 1.29 is 23.1 Å². The van der Waals surface area contributed by atoms with Gasteiger partial charge in [-0.1, -0.05) is 11.6 Å². The second kappa shape index (κ2) is 5.85. The fourth-order valence-corrected chi connectivity index (χ4v) is 1.96. The van der Waals surface area contributed by atoms with Gasteiger partial charge in [0.05, 0.1) is 15.6 Å². The number of carboxylic acid groups (broad SMARTS) is 1. The van der Waals surface area contributed by atoms with Crippen LogP contribution in [0.15, 0.2) is 35.2 Å². The molecule has 0 bridgehead atoms. The Bertz CT molecular complexity index is 651. The van der Waals surface area contributed by atoms with Gasteiger partial charge in [0, 0.05) is 18.4 Å². The first-order valence-corrected chi connectivity index (χ1v) is 7.18. The lowest BCUT2D eigenvalue weighted by molar-refractivity contribution is -0.131. The van der Waals surface area contributed by atoms with E-state index in [2.05, 4.69) is 5.32 Å². The van der Waals surface area contributed by atoms with Crippen LogP contribution >= 0.6 is 11.6 Å². The molecular weight excluding hydrogens is 294 g/mol. The minimum atomic E-state index is -3.43. The molecule has 0 unspecified atom stereocenters. The van der Waals surface area contributed by atoms with Gasteiger partial charge in [0.2, 0.25) is 5.91 Å². The Morgan fingerprint density at radius 1 is 1.32 bits per heavy atom. The molecule has 1 aromatic carbocycles. The molecule has 0 heterocycles. The smallest absolute Gasteiger partial charge is 0.328 e. The Kier molecular flexibility index (Phi) is 4.68. The molecule has 0 saturated heterocycles. The summed E-state index contributed by atoms with van der Waals surface area (Å²) >= 11 is 5.80. The maximum absolute atomic E-state index is 11.4. The third kappa shape index (κ3) is 4.72. The average molecular weight is 304 g/mol. The van der Waals surface area contributed by atoms with E-state index in [0.717, 1.165) is 12.3 Å². The van der Waals surface area contributed by atoms with E-state index in [-0.39, 0.29) is 15.6 Å². The molecular formula is C11H10ClNO5S. The van der Waals surface area contributed by atoms with Gasteiger partial charge in [0.25, 0.3) is 0 Å². The fourth-order valence-electron chi connectivity index (χ4n) is 1.15. The first kappa shape index (κ1) is 15.2. The van der Waals surface area contributed by atoms with E-state index in [1.807, 2.05) is 0 Å². The Labute approximate surface area is 114 Å². The van der Waals surface area contributed by atoms with Crippen molar-refractivity contribution in [1.82, 2.24) is 0 Å². The summed E-state index contributed by atoms with van der Waals surface area (Å²) in [6.07, 6.45) is 2.47. The number of rotatable bonds is 4. The molecule has 0 fully saturated rings. The number of halogens is 1. The Hall–Kier alpha value is -1.86. The number of hydrogen-bond acceptors (Lipinski definition) is 4. The van der Waals surface area contributed by atoms with Crippen molar-refractivity contribution in [3.05, 3.63) is 35.4 Å². The molecule has 0 radical (unpaired) electrons. The van der Waals surface area contributed by atoms with Crippen molar-refractivity contribution in [3.63, 3.8) is 0 Å². The highest BCUT2D eigenvalue weighted by molar-refractivity contribution is 7.90. The minimum Gasteiger partial charge on any atom is -0.478 e. The third-order valence-corrected chi connectivity index (χ3v) is 3.44. The SMILES string of the molecule is CS(=O)(=O)c1ccc(Cl)c(NC(=O)/C=C/C(=O)O)c1. The normalized spacial score (nSPS) is 11.5. The number of hydrogen-bond donors (Lipinski definition) is 2. The maximum atomic E-state index is 11.4. The Morgan fingerprint density at radius 2 is 1.95 bits per heavy atom. The minimum absolute atomic E-state index is 0.00517. The van der Waals surface area contributed by atoms with E-state index in [1.54, 1.807) is 0 Å². The van der Waals surface area contributed by atoms with Gasteiger partial charge < -0.3 is 10.4 Å². The number of aliphatic carboxylic acids is 1. The fraction of sp³-hybridized carbons (Fsp3) is 0.0909. The van der Waals surface area contributed by atoms with Gasteiger partial charge in [-0.05, 0) is 18.2 Å². The highest BCUT2D eigenvalue weighted by Crippen LogP contribution is 2.25. The lowest BCUT2D eigenvalue weighted by Gasteiger charge is -2.07. The van der Waals surface area contributed by atoms with Crippen LogP contribution in [0.5, 0.6) is 0 Å². The van der Waals surface area contributed by atoms with Gasteiger partial charge in [-0.15, -0.1) is 0 Å². The molecule has 1 amide bonds. The maximum Gasteiger partial charge on any atom is 0.328 e. The number of nitrogens with one attached hydrogen (secondary N) is 1. The number of amides is 1. The number of carbonyl (C=O) groups excluding carboxylic acids is 1. The lowest BCUT2D eigenvalue weighted by Crippen LogP contribution is -2.10.